The molecule has 0 saturated carbocycles. The van der Waals surface area contributed by atoms with E-state index in [1.165, 1.54) is 12.3 Å². The molecule has 0 spiro atoms. The minimum atomic E-state index is -1.03. The number of anilines is 1. The molecular formula is C12H18N4O4S. The molecular weight excluding hydrogens is 296 g/mol. The number of carbonyl (C=O) groups excluding carboxylic acids is 1. The van der Waals surface area contributed by atoms with E-state index in [0.29, 0.717) is 18.1 Å². The van der Waals surface area contributed by atoms with E-state index in [0.717, 1.165) is 12.6 Å². The first kappa shape index (κ1) is 17.0. The van der Waals surface area contributed by atoms with E-state index >= 15 is 0 Å². The number of nitrogens with zero attached hydrogens (tertiary/aromatic N) is 2. The van der Waals surface area contributed by atoms with E-state index in [1.807, 2.05) is 6.92 Å². The molecule has 1 aromatic heterocycles. The number of nitro groups is 1. The van der Waals surface area contributed by atoms with Crippen molar-refractivity contribution in [2.24, 2.45) is 0 Å². The molecule has 1 unspecified atom stereocenters. The van der Waals surface area contributed by atoms with Gasteiger partial charge in [0.1, 0.15) is 17.6 Å². The average molecular weight is 314 g/mol. The quantitative estimate of drug-likeness (QED) is 0.545. The smallest absolute Gasteiger partial charge is 0.300 e. The van der Waals surface area contributed by atoms with Crippen LogP contribution in [0.25, 0.3) is 0 Å². The minimum absolute atomic E-state index is 0.0597. The first-order chi connectivity index (χ1) is 9.95. The van der Waals surface area contributed by atoms with Crippen molar-refractivity contribution < 1.29 is 13.9 Å². The van der Waals surface area contributed by atoms with Crippen LogP contribution in [-0.2, 0) is 10.8 Å². The van der Waals surface area contributed by atoms with E-state index in [2.05, 4.69) is 15.6 Å². The number of rotatable bonds is 8. The third-order valence-corrected chi connectivity index (χ3v) is 3.33. The number of hydrogen-bond acceptors (Lipinski definition) is 6. The number of aromatic nitrogens is 1. The zero-order chi connectivity index (χ0) is 15.8. The van der Waals surface area contributed by atoms with E-state index in [9.17, 15) is 19.1 Å². The fourth-order valence-electron chi connectivity index (χ4n) is 1.53. The van der Waals surface area contributed by atoms with Gasteiger partial charge in [-0.05, 0) is 6.42 Å². The predicted octanol–water partition coefficient (Wildman–Crippen LogP) is 0.920. The Balaban J connectivity index is 2.91. The topological polar surface area (TPSA) is 114 Å². The fourth-order valence-corrected chi connectivity index (χ4v) is 1.92. The molecule has 0 aliphatic heterocycles. The first-order valence-electron chi connectivity index (χ1n) is 6.42. The van der Waals surface area contributed by atoms with Crippen LogP contribution < -0.4 is 10.6 Å². The number of hydrogen-bond donors (Lipinski definition) is 2. The van der Waals surface area contributed by atoms with Crippen molar-refractivity contribution in [2.45, 2.75) is 13.3 Å². The lowest BCUT2D eigenvalue weighted by Crippen LogP contribution is -2.28. The summed E-state index contributed by atoms with van der Waals surface area (Å²) in [7, 11) is -1.03. The molecule has 1 rings (SSSR count). The number of pyridine rings is 1. The fraction of sp³-hybridized carbons (Fsp3) is 0.500. The number of carbonyl (C=O) groups is 1. The van der Waals surface area contributed by atoms with Crippen molar-refractivity contribution >= 4 is 28.2 Å². The van der Waals surface area contributed by atoms with Gasteiger partial charge in [0.05, 0.1) is 4.92 Å². The van der Waals surface area contributed by atoms with E-state index in [-0.39, 0.29) is 17.8 Å². The standard InChI is InChI=1S/C12H18N4O4S/c1-3-4-13-11-7-9(10(8-15-11)16(18)19)12(17)14-5-6-21(2)20/h7-8H,3-6H2,1-2H3,(H,13,15)(H,14,17). The molecule has 21 heavy (non-hydrogen) atoms. The van der Waals surface area contributed by atoms with Crippen molar-refractivity contribution in [3.05, 3.63) is 27.9 Å². The number of nitrogens with one attached hydrogen (secondary N) is 2. The lowest BCUT2D eigenvalue weighted by molar-refractivity contribution is -0.385. The van der Waals surface area contributed by atoms with Gasteiger partial charge in [0.2, 0.25) is 0 Å². The summed E-state index contributed by atoms with van der Waals surface area (Å²) in [6.07, 6.45) is 3.45. The SMILES string of the molecule is CCCNc1cc(C(=O)NCCS(C)=O)c([N+](=O)[O-])cn1. The molecule has 0 aliphatic carbocycles. The summed E-state index contributed by atoms with van der Waals surface area (Å²) in [6.45, 7) is 2.82. The molecule has 8 nitrogen and oxygen atoms in total. The van der Waals surface area contributed by atoms with Gasteiger partial charge in [-0.1, -0.05) is 6.92 Å². The van der Waals surface area contributed by atoms with Crippen molar-refractivity contribution in [1.29, 1.82) is 0 Å². The van der Waals surface area contributed by atoms with Gasteiger partial charge in [-0.25, -0.2) is 4.98 Å². The summed E-state index contributed by atoms with van der Waals surface area (Å²) < 4.78 is 10.9. The van der Waals surface area contributed by atoms with Crippen molar-refractivity contribution in [1.82, 2.24) is 10.3 Å². The summed E-state index contributed by atoms with van der Waals surface area (Å²) in [4.78, 5) is 26.2. The van der Waals surface area contributed by atoms with Crippen LogP contribution in [-0.4, -0.2) is 45.1 Å². The molecule has 1 amide bonds. The molecule has 0 fully saturated rings. The molecule has 0 aromatic carbocycles. The van der Waals surface area contributed by atoms with Crippen LogP contribution in [0.1, 0.15) is 23.7 Å². The monoisotopic (exact) mass is 314 g/mol. The second-order valence-corrected chi connectivity index (χ2v) is 5.86. The van der Waals surface area contributed by atoms with Crippen LogP contribution in [0.15, 0.2) is 12.3 Å². The van der Waals surface area contributed by atoms with Crippen LogP contribution in [0, 0.1) is 10.1 Å². The van der Waals surface area contributed by atoms with Crippen LogP contribution in [0.2, 0.25) is 0 Å². The van der Waals surface area contributed by atoms with Crippen molar-refractivity contribution in [3.63, 3.8) is 0 Å². The Morgan fingerprint density at radius 2 is 2.19 bits per heavy atom. The minimum Gasteiger partial charge on any atom is -0.370 e. The Hall–Kier alpha value is -2.03. The molecule has 9 heteroatoms. The molecule has 0 radical (unpaired) electrons. The van der Waals surface area contributed by atoms with Crippen LogP contribution in [0.3, 0.4) is 0 Å². The van der Waals surface area contributed by atoms with Crippen LogP contribution in [0.5, 0.6) is 0 Å². The van der Waals surface area contributed by atoms with Gasteiger partial charge >= 0.3 is 0 Å². The zero-order valence-electron chi connectivity index (χ0n) is 11.9. The second kappa shape index (κ2) is 8.30. The highest BCUT2D eigenvalue weighted by atomic mass is 32.2. The Labute approximate surface area is 124 Å². The van der Waals surface area contributed by atoms with Gasteiger partial charge in [0.25, 0.3) is 11.6 Å². The lowest BCUT2D eigenvalue weighted by Gasteiger charge is -2.08. The Morgan fingerprint density at radius 3 is 2.76 bits per heavy atom. The van der Waals surface area contributed by atoms with Crippen molar-refractivity contribution in [3.8, 4) is 0 Å². The highest BCUT2D eigenvalue weighted by molar-refractivity contribution is 7.84. The summed E-state index contributed by atoms with van der Waals surface area (Å²) in [5.74, 6) is 0.131. The third kappa shape index (κ3) is 5.46. The zero-order valence-corrected chi connectivity index (χ0v) is 12.7. The molecule has 0 bridgehead atoms. The largest absolute Gasteiger partial charge is 0.370 e. The van der Waals surface area contributed by atoms with Crippen molar-refractivity contribution in [2.75, 3.05) is 30.4 Å². The normalized spacial score (nSPS) is 11.7. The van der Waals surface area contributed by atoms with Crippen LogP contribution in [0.4, 0.5) is 11.5 Å². The summed E-state index contributed by atoms with van der Waals surface area (Å²) >= 11 is 0. The summed E-state index contributed by atoms with van der Waals surface area (Å²) in [5, 5.41) is 16.4. The van der Waals surface area contributed by atoms with E-state index in [4.69, 9.17) is 0 Å². The Bertz CT molecular complexity index is 550. The first-order valence-corrected chi connectivity index (χ1v) is 8.15. The maximum atomic E-state index is 12.0. The average Bonchev–Trinajstić information content (AvgIpc) is 2.44. The third-order valence-electron chi connectivity index (χ3n) is 2.56. The highest BCUT2D eigenvalue weighted by Crippen LogP contribution is 2.20. The summed E-state index contributed by atoms with van der Waals surface area (Å²) in [6, 6.07) is 1.35. The molecule has 0 saturated heterocycles. The molecule has 1 aromatic rings. The molecule has 2 N–H and O–H groups in total. The Morgan fingerprint density at radius 1 is 1.48 bits per heavy atom. The van der Waals surface area contributed by atoms with E-state index in [1.54, 1.807) is 0 Å². The highest BCUT2D eigenvalue weighted by Gasteiger charge is 2.21. The molecule has 1 atom stereocenters. The molecule has 0 aliphatic rings. The van der Waals surface area contributed by atoms with Gasteiger partial charge < -0.3 is 10.6 Å². The predicted molar refractivity (Wildman–Crippen MR) is 80.9 cm³/mol. The van der Waals surface area contributed by atoms with E-state index < -0.39 is 21.6 Å². The maximum absolute atomic E-state index is 12.0. The van der Waals surface area contributed by atoms with Gasteiger partial charge in [-0.2, -0.15) is 0 Å². The van der Waals surface area contributed by atoms with Gasteiger partial charge in [-0.3, -0.25) is 19.1 Å². The van der Waals surface area contributed by atoms with Gasteiger partial charge in [0, 0.05) is 42.0 Å². The van der Waals surface area contributed by atoms with Gasteiger partial charge in [-0.15, -0.1) is 0 Å². The summed E-state index contributed by atoms with van der Waals surface area (Å²) in [5.41, 5.74) is -0.414. The second-order valence-electron chi connectivity index (χ2n) is 4.30. The maximum Gasteiger partial charge on any atom is 0.300 e. The Kier molecular flexibility index (Phi) is 6.73. The molecule has 1 heterocycles. The van der Waals surface area contributed by atoms with Crippen LogP contribution >= 0.6 is 0 Å². The van der Waals surface area contributed by atoms with Gasteiger partial charge in [0.15, 0.2) is 0 Å². The number of amides is 1. The molecule has 116 valence electrons. The lowest BCUT2D eigenvalue weighted by atomic mass is 10.2.